The van der Waals surface area contributed by atoms with Crippen LogP contribution in [0.15, 0.2) is 134 Å². The molecular formula is C67H108O6. The van der Waals surface area contributed by atoms with Crippen molar-refractivity contribution in [3.8, 4) is 0 Å². The molecule has 0 aliphatic carbocycles. The molecule has 1 unspecified atom stereocenters. The van der Waals surface area contributed by atoms with E-state index in [2.05, 4.69) is 154 Å². The highest BCUT2D eigenvalue weighted by Gasteiger charge is 2.19. The number of hydrogen-bond acceptors (Lipinski definition) is 6. The molecule has 0 amide bonds. The van der Waals surface area contributed by atoms with E-state index in [1.54, 1.807) is 0 Å². The van der Waals surface area contributed by atoms with Gasteiger partial charge in [-0.05, 0) is 135 Å². The van der Waals surface area contributed by atoms with Crippen molar-refractivity contribution < 1.29 is 28.6 Å². The first kappa shape index (κ1) is 68.6. The van der Waals surface area contributed by atoms with Gasteiger partial charge in [-0.25, -0.2) is 0 Å². The minimum atomic E-state index is -0.806. The Morgan fingerprint density at radius 3 is 0.849 bits per heavy atom. The molecule has 0 aromatic rings. The Morgan fingerprint density at radius 1 is 0.288 bits per heavy atom. The van der Waals surface area contributed by atoms with Crippen molar-refractivity contribution in [2.75, 3.05) is 13.2 Å². The fourth-order valence-electron chi connectivity index (χ4n) is 7.72. The van der Waals surface area contributed by atoms with Crippen LogP contribution in [0.1, 0.15) is 252 Å². The molecule has 0 aliphatic rings. The molecule has 0 saturated heterocycles. The van der Waals surface area contributed by atoms with Crippen molar-refractivity contribution in [1.29, 1.82) is 0 Å². The topological polar surface area (TPSA) is 78.9 Å². The number of allylic oxidation sites excluding steroid dienone is 22. The summed E-state index contributed by atoms with van der Waals surface area (Å²) in [7, 11) is 0. The highest BCUT2D eigenvalue weighted by atomic mass is 16.6. The number of esters is 3. The molecule has 6 heteroatoms. The Hall–Kier alpha value is -4.45. The molecule has 1 atom stereocenters. The van der Waals surface area contributed by atoms with Crippen LogP contribution >= 0.6 is 0 Å². The average Bonchev–Trinajstić information content (AvgIpc) is 3.39. The summed E-state index contributed by atoms with van der Waals surface area (Å²) >= 11 is 0. The summed E-state index contributed by atoms with van der Waals surface area (Å²) in [6.07, 6.45) is 84.4. The first-order valence-corrected chi connectivity index (χ1v) is 29.7. The zero-order chi connectivity index (χ0) is 52.9. The van der Waals surface area contributed by atoms with Crippen LogP contribution < -0.4 is 0 Å². The number of carbonyl (C=O) groups excluding carboxylic acids is 3. The molecule has 0 aliphatic heterocycles. The Bertz CT molecular complexity index is 1580. The second kappa shape index (κ2) is 60.1. The SMILES string of the molecule is CC/C=C\C/C=C\C/C=C\C/C=C\C/C=C\C/C=C\CCCCCCCCC(=O)OCC(COC(=O)CCCCC/C=C\C/C=C\C/C=C\CC)OC(=O)CCCCCCCCC/C=C\C/C=C\CCCCC. The number of unbranched alkanes of at least 4 members (excludes halogenated alkanes) is 19. The van der Waals surface area contributed by atoms with E-state index in [0.29, 0.717) is 19.3 Å². The zero-order valence-corrected chi connectivity index (χ0v) is 47.1. The molecule has 0 rings (SSSR count). The van der Waals surface area contributed by atoms with E-state index in [0.717, 1.165) is 148 Å². The van der Waals surface area contributed by atoms with Crippen LogP contribution in [0.3, 0.4) is 0 Å². The van der Waals surface area contributed by atoms with Crippen molar-refractivity contribution in [3.05, 3.63) is 134 Å². The molecule has 0 aromatic carbocycles. The van der Waals surface area contributed by atoms with Gasteiger partial charge < -0.3 is 14.2 Å². The smallest absolute Gasteiger partial charge is 0.306 e. The molecule has 0 saturated carbocycles. The quantitative estimate of drug-likeness (QED) is 0.0261. The van der Waals surface area contributed by atoms with Gasteiger partial charge in [-0.1, -0.05) is 231 Å². The predicted octanol–water partition coefficient (Wildman–Crippen LogP) is 20.2. The van der Waals surface area contributed by atoms with Crippen LogP contribution in [0.4, 0.5) is 0 Å². The largest absolute Gasteiger partial charge is 0.462 e. The maximum absolute atomic E-state index is 12.9. The predicted molar refractivity (Wildman–Crippen MR) is 316 cm³/mol. The fourth-order valence-corrected chi connectivity index (χ4v) is 7.72. The third-order valence-corrected chi connectivity index (χ3v) is 12.1. The molecule has 0 spiro atoms. The first-order chi connectivity index (χ1) is 36.0. The fraction of sp³-hybridized carbons (Fsp3) is 0.627. The van der Waals surface area contributed by atoms with Crippen LogP contribution in [-0.4, -0.2) is 37.2 Å². The van der Waals surface area contributed by atoms with Crippen molar-refractivity contribution >= 4 is 17.9 Å². The summed E-state index contributed by atoms with van der Waals surface area (Å²) in [5, 5.41) is 0. The third kappa shape index (κ3) is 58.3. The van der Waals surface area contributed by atoms with Crippen molar-refractivity contribution in [2.24, 2.45) is 0 Å². The Kier molecular flexibility index (Phi) is 56.4. The lowest BCUT2D eigenvalue weighted by Gasteiger charge is -2.18. The summed E-state index contributed by atoms with van der Waals surface area (Å²) < 4.78 is 16.8. The minimum Gasteiger partial charge on any atom is -0.462 e. The van der Waals surface area contributed by atoms with Gasteiger partial charge in [0.25, 0.3) is 0 Å². The van der Waals surface area contributed by atoms with E-state index in [1.807, 2.05) is 0 Å². The van der Waals surface area contributed by atoms with Crippen LogP contribution in [0.2, 0.25) is 0 Å². The monoisotopic (exact) mass is 1010 g/mol. The lowest BCUT2D eigenvalue weighted by molar-refractivity contribution is -0.167. The van der Waals surface area contributed by atoms with Gasteiger partial charge in [0.2, 0.25) is 0 Å². The summed E-state index contributed by atoms with van der Waals surface area (Å²) in [4.78, 5) is 38.2. The Morgan fingerprint density at radius 2 is 0.534 bits per heavy atom. The third-order valence-electron chi connectivity index (χ3n) is 12.1. The molecule has 73 heavy (non-hydrogen) atoms. The van der Waals surface area contributed by atoms with Crippen molar-refractivity contribution in [2.45, 2.75) is 258 Å². The Balaban J connectivity index is 4.43. The Labute approximate surface area is 449 Å². The molecule has 6 nitrogen and oxygen atoms in total. The first-order valence-electron chi connectivity index (χ1n) is 29.7. The van der Waals surface area contributed by atoms with Gasteiger partial charge in [-0.15, -0.1) is 0 Å². The van der Waals surface area contributed by atoms with Crippen molar-refractivity contribution in [1.82, 2.24) is 0 Å². The second-order valence-corrected chi connectivity index (χ2v) is 19.1. The maximum atomic E-state index is 12.9. The lowest BCUT2D eigenvalue weighted by atomic mass is 10.1. The molecule has 0 N–H and O–H groups in total. The minimum absolute atomic E-state index is 0.103. The molecule has 0 bridgehead atoms. The molecule has 0 heterocycles. The van der Waals surface area contributed by atoms with E-state index >= 15 is 0 Å². The molecule has 412 valence electrons. The van der Waals surface area contributed by atoms with E-state index in [4.69, 9.17) is 14.2 Å². The standard InChI is InChI=1S/C67H108O6/c1-4-7-10-13-16-19-22-25-27-29-30-31-32-33-34-35-36-38-39-42-45-48-51-54-57-60-66(69)72-63-64(62-71-65(68)59-56-53-50-47-44-41-24-21-18-15-12-9-6-3)73-67(70)61-58-55-52-49-46-43-40-37-28-26-23-20-17-14-11-8-5-2/h7,9-10,12,16-21,25-28,30-31,33-34,36,38,41,44,64H,4-6,8,11,13-15,22-24,29,32,35,37,39-40,42-43,45-63H2,1-3H3/b10-7-,12-9-,19-16-,20-17-,21-18-,27-25-,28-26-,31-30-,34-33-,38-36-,44-41-. The lowest BCUT2D eigenvalue weighted by Crippen LogP contribution is -2.30. The zero-order valence-electron chi connectivity index (χ0n) is 47.1. The van der Waals surface area contributed by atoms with Gasteiger partial charge in [0.05, 0.1) is 0 Å². The summed E-state index contributed by atoms with van der Waals surface area (Å²) in [5.74, 6) is -0.957. The van der Waals surface area contributed by atoms with Crippen LogP contribution in [0, 0.1) is 0 Å². The van der Waals surface area contributed by atoms with E-state index in [-0.39, 0.29) is 31.1 Å². The van der Waals surface area contributed by atoms with Gasteiger partial charge >= 0.3 is 17.9 Å². The van der Waals surface area contributed by atoms with E-state index < -0.39 is 6.10 Å². The van der Waals surface area contributed by atoms with Gasteiger partial charge in [0.15, 0.2) is 6.10 Å². The maximum Gasteiger partial charge on any atom is 0.306 e. The van der Waals surface area contributed by atoms with E-state index in [1.165, 1.54) is 64.2 Å². The molecule has 0 aromatic heterocycles. The molecule has 0 fully saturated rings. The number of rotatable bonds is 52. The highest BCUT2D eigenvalue weighted by molar-refractivity contribution is 5.71. The number of ether oxygens (including phenoxy) is 3. The van der Waals surface area contributed by atoms with Crippen LogP contribution in [0.5, 0.6) is 0 Å². The highest BCUT2D eigenvalue weighted by Crippen LogP contribution is 2.14. The van der Waals surface area contributed by atoms with Gasteiger partial charge in [-0.3, -0.25) is 14.4 Å². The average molecular weight is 1010 g/mol. The second-order valence-electron chi connectivity index (χ2n) is 19.1. The van der Waals surface area contributed by atoms with Gasteiger partial charge in [0.1, 0.15) is 13.2 Å². The van der Waals surface area contributed by atoms with Gasteiger partial charge in [0, 0.05) is 19.3 Å². The summed E-state index contributed by atoms with van der Waals surface area (Å²) in [6.45, 7) is 6.34. The van der Waals surface area contributed by atoms with Crippen LogP contribution in [-0.2, 0) is 28.6 Å². The van der Waals surface area contributed by atoms with Gasteiger partial charge in [-0.2, -0.15) is 0 Å². The summed E-state index contributed by atoms with van der Waals surface area (Å²) in [6, 6.07) is 0. The van der Waals surface area contributed by atoms with Crippen LogP contribution in [0.25, 0.3) is 0 Å². The van der Waals surface area contributed by atoms with Crippen molar-refractivity contribution in [3.63, 3.8) is 0 Å². The summed E-state index contributed by atoms with van der Waals surface area (Å²) in [5.41, 5.74) is 0. The number of carbonyl (C=O) groups is 3. The normalized spacial score (nSPS) is 13.1. The molecule has 0 radical (unpaired) electrons. The van der Waals surface area contributed by atoms with E-state index in [9.17, 15) is 14.4 Å². The molecular weight excluding hydrogens is 901 g/mol. The number of hydrogen-bond donors (Lipinski definition) is 0.